The molecular weight excluding hydrogens is 196 g/mol. The quantitative estimate of drug-likeness (QED) is 0.531. The summed E-state index contributed by atoms with van der Waals surface area (Å²) in [5, 5.41) is 9.48. The second-order valence-electron chi connectivity index (χ2n) is 3.23. The number of esters is 1. The summed E-state index contributed by atoms with van der Waals surface area (Å²) in [7, 11) is 0. The summed E-state index contributed by atoms with van der Waals surface area (Å²) >= 11 is 0. The highest BCUT2D eigenvalue weighted by Gasteiger charge is 2.18. The average Bonchev–Trinajstić information content (AvgIpc) is 2.24. The number of carbonyl (C=O) groups is 2. The van der Waals surface area contributed by atoms with Crippen LogP contribution in [-0.2, 0) is 14.3 Å². The lowest BCUT2D eigenvalue weighted by Crippen LogP contribution is -2.26. The molecule has 0 rings (SSSR count). The van der Waals surface area contributed by atoms with E-state index in [-0.39, 0.29) is 11.7 Å². The van der Waals surface area contributed by atoms with E-state index in [9.17, 15) is 14.7 Å². The lowest BCUT2D eigenvalue weighted by molar-refractivity contribution is -0.137. The van der Waals surface area contributed by atoms with Crippen LogP contribution in [0, 0.1) is 5.92 Å². The maximum atomic E-state index is 11.1. The normalized spacial score (nSPS) is 14.9. The molecule has 0 unspecified atom stereocenters. The third-order valence-corrected chi connectivity index (χ3v) is 2.00. The zero-order valence-electron chi connectivity index (χ0n) is 9.40. The van der Waals surface area contributed by atoms with E-state index in [2.05, 4.69) is 4.74 Å². The van der Waals surface area contributed by atoms with Crippen LogP contribution in [0.2, 0.25) is 0 Å². The summed E-state index contributed by atoms with van der Waals surface area (Å²) in [5.41, 5.74) is 0. The monoisotopic (exact) mass is 214 g/mol. The predicted octanol–water partition coefficient (Wildman–Crippen LogP) is 1.08. The Bertz CT molecular complexity index is 245. The van der Waals surface area contributed by atoms with Crippen LogP contribution in [0.4, 0.5) is 0 Å². The van der Waals surface area contributed by atoms with Gasteiger partial charge in [0.2, 0.25) is 0 Å². The third-order valence-electron chi connectivity index (χ3n) is 2.00. The van der Waals surface area contributed by atoms with Crippen molar-refractivity contribution in [2.24, 2.45) is 5.92 Å². The van der Waals surface area contributed by atoms with E-state index in [1.807, 2.05) is 0 Å². The van der Waals surface area contributed by atoms with E-state index in [1.54, 1.807) is 20.8 Å². The molecule has 0 aliphatic carbocycles. The van der Waals surface area contributed by atoms with Gasteiger partial charge in [-0.3, -0.25) is 4.79 Å². The number of ketones is 1. The fourth-order valence-electron chi connectivity index (χ4n) is 1.03. The number of carbonyl (C=O) groups excluding carboxylic acids is 2. The van der Waals surface area contributed by atoms with Gasteiger partial charge in [0.1, 0.15) is 6.10 Å². The second kappa shape index (κ2) is 7.17. The first-order chi connectivity index (χ1) is 7.02. The standard InChI is InChI=1S/C11H18O4/c1-4-9(12)11(14)8(3)6-7-10(13)15-5-2/h6-8,11,14H,4-5H2,1-3H3/b7-6+/t8-,11-/m1/s1. The summed E-state index contributed by atoms with van der Waals surface area (Å²) < 4.78 is 4.67. The highest BCUT2D eigenvalue weighted by Crippen LogP contribution is 2.07. The van der Waals surface area contributed by atoms with E-state index in [0.717, 1.165) is 0 Å². The molecule has 4 heteroatoms. The van der Waals surface area contributed by atoms with Crippen LogP contribution in [0.15, 0.2) is 12.2 Å². The van der Waals surface area contributed by atoms with E-state index in [1.165, 1.54) is 12.2 Å². The van der Waals surface area contributed by atoms with Gasteiger partial charge >= 0.3 is 5.97 Å². The third kappa shape index (κ3) is 5.32. The fraction of sp³-hybridized carbons (Fsp3) is 0.636. The Morgan fingerprint density at radius 2 is 2.00 bits per heavy atom. The van der Waals surface area contributed by atoms with Gasteiger partial charge in [-0.05, 0) is 6.92 Å². The van der Waals surface area contributed by atoms with Gasteiger partial charge in [-0.2, -0.15) is 0 Å². The molecule has 0 heterocycles. The van der Waals surface area contributed by atoms with Crippen molar-refractivity contribution < 1.29 is 19.4 Å². The van der Waals surface area contributed by atoms with Crippen molar-refractivity contribution in [3.8, 4) is 0 Å². The van der Waals surface area contributed by atoms with Gasteiger partial charge in [0.05, 0.1) is 6.61 Å². The molecular formula is C11H18O4. The minimum absolute atomic E-state index is 0.226. The van der Waals surface area contributed by atoms with E-state index in [0.29, 0.717) is 13.0 Å². The van der Waals surface area contributed by atoms with Crippen LogP contribution in [0.1, 0.15) is 27.2 Å². The van der Waals surface area contributed by atoms with Crippen LogP contribution in [0.3, 0.4) is 0 Å². The topological polar surface area (TPSA) is 63.6 Å². The average molecular weight is 214 g/mol. The fourth-order valence-corrected chi connectivity index (χ4v) is 1.03. The molecule has 0 saturated heterocycles. The molecule has 4 nitrogen and oxygen atoms in total. The molecule has 1 N–H and O–H groups in total. The Kier molecular flexibility index (Phi) is 6.62. The van der Waals surface area contributed by atoms with Gasteiger partial charge in [-0.25, -0.2) is 4.79 Å². The summed E-state index contributed by atoms with van der Waals surface area (Å²) in [6.45, 7) is 5.39. The van der Waals surface area contributed by atoms with E-state index >= 15 is 0 Å². The minimum atomic E-state index is -1.04. The molecule has 0 aromatic rings. The summed E-state index contributed by atoms with van der Waals surface area (Å²) in [6, 6.07) is 0. The van der Waals surface area contributed by atoms with Crippen molar-refractivity contribution in [2.75, 3.05) is 6.61 Å². The molecule has 15 heavy (non-hydrogen) atoms. The maximum Gasteiger partial charge on any atom is 0.330 e. The first-order valence-electron chi connectivity index (χ1n) is 5.08. The molecule has 0 aliphatic rings. The first kappa shape index (κ1) is 13.8. The van der Waals surface area contributed by atoms with Crippen LogP contribution < -0.4 is 0 Å². The number of hydrogen-bond acceptors (Lipinski definition) is 4. The molecule has 0 fully saturated rings. The lowest BCUT2D eigenvalue weighted by atomic mass is 9.99. The molecule has 0 aromatic heterocycles. The molecule has 0 aromatic carbocycles. The largest absolute Gasteiger partial charge is 0.463 e. The minimum Gasteiger partial charge on any atom is -0.463 e. The molecule has 0 amide bonds. The maximum absolute atomic E-state index is 11.1. The van der Waals surface area contributed by atoms with E-state index in [4.69, 9.17) is 0 Å². The lowest BCUT2D eigenvalue weighted by Gasteiger charge is -2.12. The van der Waals surface area contributed by atoms with Crippen molar-refractivity contribution in [3.63, 3.8) is 0 Å². The van der Waals surface area contributed by atoms with Crippen molar-refractivity contribution in [1.82, 2.24) is 0 Å². The van der Waals surface area contributed by atoms with Crippen molar-refractivity contribution in [3.05, 3.63) is 12.2 Å². The van der Waals surface area contributed by atoms with Crippen molar-refractivity contribution in [1.29, 1.82) is 0 Å². The molecule has 0 aliphatic heterocycles. The van der Waals surface area contributed by atoms with Crippen LogP contribution in [-0.4, -0.2) is 29.6 Å². The van der Waals surface area contributed by atoms with Crippen LogP contribution in [0.25, 0.3) is 0 Å². The number of aliphatic hydroxyl groups excluding tert-OH is 1. The zero-order valence-corrected chi connectivity index (χ0v) is 9.40. The first-order valence-corrected chi connectivity index (χ1v) is 5.08. The highest BCUT2D eigenvalue weighted by molar-refractivity contribution is 5.84. The Morgan fingerprint density at radius 1 is 1.40 bits per heavy atom. The molecule has 0 bridgehead atoms. The highest BCUT2D eigenvalue weighted by atomic mass is 16.5. The number of aliphatic hydroxyl groups is 1. The molecule has 2 atom stereocenters. The number of rotatable bonds is 6. The molecule has 0 saturated carbocycles. The number of ether oxygens (including phenoxy) is 1. The number of hydrogen-bond donors (Lipinski definition) is 1. The van der Waals surface area contributed by atoms with Gasteiger partial charge in [-0.1, -0.05) is 19.9 Å². The van der Waals surface area contributed by atoms with Crippen molar-refractivity contribution in [2.45, 2.75) is 33.3 Å². The Hall–Kier alpha value is -1.16. The molecule has 0 spiro atoms. The van der Waals surface area contributed by atoms with E-state index < -0.39 is 12.1 Å². The summed E-state index contributed by atoms with van der Waals surface area (Å²) in [4.78, 5) is 22.1. The molecule has 86 valence electrons. The summed E-state index contributed by atoms with van der Waals surface area (Å²) in [5.74, 6) is -1.06. The van der Waals surface area contributed by atoms with Crippen molar-refractivity contribution >= 4 is 11.8 Å². The Labute approximate surface area is 89.9 Å². The van der Waals surface area contributed by atoms with Crippen LogP contribution >= 0.6 is 0 Å². The Balaban J connectivity index is 4.17. The van der Waals surface area contributed by atoms with Gasteiger partial charge in [-0.15, -0.1) is 0 Å². The van der Waals surface area contributed by atoms with Gasteiger partial charge in [0, 0.05) is 18.4 Å². The second-order valence-corrected chi connectivity index (χ2v) is 3.23. The van der Waals surface area contributed by atoms with Crippen LogP contribution in [0.5, 0.6) is 0 Å². The van der Waals surface area contributed by atoms with Gasteiger partial charge in [0.25, 0.3) is 0 Å². The Morgan fingerprint density at radius 3 is 2.47 bits per heavy atom. The number of Topliss-reactive ketones (excluding diaryl/α,β-unsaturated/α-hetero) is 1. The van der Waals surface area contributed by atoms with Gasteiger partial charge < -0.3 is 9.84 Å². The molecule has 0 radical (unpaired) electrons. The SMILES string of the molecule is CCOC(=O)/C=C/[C@@H](C)[C@@H](O)C(=O)CC. The summed E-state index contributed by atoms with van der Waals surface area (Å²) in [6.07, 6.45) is 1.97. The smallest absolute Gasteiger partial charge is 0.330 e. The predicted molar refractivity (Wildman–Crippen MR) is 56.2 cm³/mol. The zero-order chi connectivity index (χ0) is 11.8. The van der Waals surface area contributed by atoms with Gasteiger partial charge in [0.15, 0.2) is 5.78 Å².